The monoisotopic (exact) mass is 237 g/mol. The van der Waals surface area contributed by atoms with E-state index in [9.17, 15) is 8.78 Å². The van der Waals surface area contributed by atoms with Gasteiger partial charge in [-0.05, 0) is 15.9 Å². The Morgan fingerprint density at radius 3 is 2.50 bits per heavy atom. The molecule has 1 heterocycles. The summed E-state index contributed by atoms with van der Waals surface area (Å²) < 4.78 is 24.5. The second-order valence-electron chi connectivity index (χ2n) is 2.13. The van der Waals surface area contributed by atoms with Crippen LogP contribution in [0.25, 0.3) is 0 Å². The summed E-state index contributed by atoms with van der Waals surface area (Å²) in [7, 11) is 0. The minimum Gasteiger partial charge on any atom is -0.395 e. The molecule has 0 amide bonds. The molecule has 0 aliphatic heterocycles. The van der Waals surface area contributed by atoms with Crippen LogP contribution in [0.5, 0.6) is 0 Å². The first-order valence-corrected chi connectivity index (χ1v) is 3.80. The third-order valence-corrected chi connectivity index (χ3v) is 2.23. The van der Waals surface area contributed by atoms with Gasteiger partial charge in [-0.15, -0.1) is 0 Å². The van der Waals surface area contributed by atoms with Crippen molar-refractivity contribution in [2.75, 3.05) is 11.5 Å². The van der Waals surface area contributed by atoms with E-state index in [0.717, 1.165) is 6.20 Å². The van der Waals surface area contributed by atoms with Gasteiger partial charge < -0.3 is 11.5 Å². The molecule has 1 rings (SSSR count). The molecule has 0 unspecified atom stereocenters. The third-order valence-electron chi connectivity index (χ3n) is 1.34. The van der Waals surface area contributed by atoms with E-state index in [1.165, 1.54) is 0 Å². The van der Waals surface area contributed by atoms with Gasteiger partial charge in [-0.1, -0.05) is 0 Å². The quantitative estimate of drug-likeness (QED) is 0.785. The number of anilines is 2. The molecule has 6 heteroatoms. The number of pyridine rings is 1. The maximum Gasteiger partial charge on any atom is 0.266 e. The summed E-state index contributed by atoms with van der Waals surface area (Å²) in [5.74, 6) is 0.0475. The highest BCUT2D eigenvalue weighted by atomic mass is 79.9. The van der Waals surface area contributed by atoms with Crippen LogP contribution in [0.4, 0.5) is 20.3 Å². The molecule has 0 atom stereocenters. The van der Waals surface area contributed by atoms with Crippen LogP contribution in [0.15, 0.2) is 10.7 Å². The summed E-state index contributed by atoms with van der Waals surface area (Å²) in [4.78, 5) is 3.50. The summed E-state index contributed by atoms with van der Waals surface area (Å²) in [6, 6.07) is 0. The number of hydrogen-bond donors (Lipinski definition) is 2. The van der Waals surface area contributed by atoms with Crippen molar-refractivity contribution in [2.24, 2.45) is 0 Å². The highest BCUT2D eigenvalue weighted by molar-refractivity contribution is 9.10. The summed E-state index contributed by atoms with van der Waals surface area (Å²) >= 11 is 2.91. The number of nitrogens with zero attached hydrogens (tertiary/aromatic N) is 1. The van der Waals surface area contributed by atoms with Gasteiger partial charge in [0.1, 0.15) is 5.82 Å². The smallest absolute Gasteiger partial charge is 0.266 e. The van der Waals surface area contributed by atoms with Gasteiger partial charge in [-0.25, -0.2) is 13.8 Å². The molecule has 3 nitrogen and oxygen atoms in total. The molecule has 0 saturated heterocycles. The number of aromatic nitrogens is 1. The van der Waals surface area contributed by atoms with E-state index in [1.807, 2.05) is 0 Å². The van der Waals surface area contributed by atoms with E-state index in [0.29, 0.717) is 0 Å². The van der Waals surface area contributed by atoms with Crippen LogP contribution < -0.4 is 11.5 Å². The lowest BCUT2D eigenvalue weighted by molar-refractivity contribution is 0.150. The van der Waals surface area contributed by atoms with Crippen molar-refractivity contribution in [1.82, 2.24) is 4.98 Å². The molecule has 4 N–H and O–H groups in total. The van der Waals surface area contributed by atoms with Crippen molar-refractivity contribution >= 4 is 27.4 Å². The van der Waals surface area contributed by atoms with E-state index in [4.69, 9.17) is 11.5 Å². The molecule has 0 radical (unpaired) electrons. The van der Waals surface area contributed by atoms with Crippen molar-refractivity contribution in [3.8, 4) is 0 Å². The topological polar surface area (TPSA) is 64.9 Å². The van der Waals surface area contributed by atoms with Gasteiger partial charge in [0.05, 0.1) is 15.7 Å². The first-order valence-electron chi connectivity index (χ1n) is 3.01. The fourth-order valence-electron chi connectivity index (χ4n) is 0.685. The molecule has 0 saturated carbocycles. The average Bonchev–Trinajstić information content (AvgIpc) is 2.00. The molecule has 0 fully saturated rings. The Balaban J connectivity index is 3.27. The molecule has 0 spiro atoms. The maximum absolute atomic E-state index is 12.2. The predicted octanol–water partition coefficient (Wildman–Crippen LogP) is 1.95. The maximum atomic E-state index is 12.2. The molecule has 0 aliphatic rings. The van der Waals surface area contributed by atoms with Gasteiger partial charge in [0.2, 0.25) is 0 Å². The number of halogens is 3. The minimum atomic E-state index is -2.60. The van der Waals surface area contributed by atoms with Crippen molar-refractivity contribution in [1.29, 1.82) is 0 Å². The number of nitrogen functional groups attached to an aromatic ring is 2. The normalized spacial score (nSPS) is 10.7. The fourth-order valence-corrected chi connectivity index (χ4v) is 1.16. The molecule has 0 aromatic carbocycles. The van der Waals surface area contributed by atoms with Crippen LogP contribution in [0.1, 0.15) is 12.0 Å². The Morgan fingerprint density at radius 2 is 2.00 bits per heavy atom. The van der Waals surface area contributed by atoms with Crippen molar-refractivity contribution in [3.05, 3.63) is 16.2 Å². The fraction of sp³-hybridized carbons (Fsp3) is 0.167. The van der Waals surface area contributed by atoms with E-state index in [1.54, 1.807) is 0 Å². The van der Waals surface area contributed by atoms with Crippen LogP contribution in [0.3, 0.4) is 0 Å². The standard InChI is InChI=1S/C6H6BrF2N3/c7-3-2(5(8)9)1-12-6(11)4(3)10/h1,5H,10H2,(H2,11,12). The predicted molar refractivity (Wildman–Crippen MR) is 45.7 cm³/mol. The van der Waals surface area contributed by atoms with Gasteiger partial charge in [-0.3, -0.25) is 0 Å². The van der Waals surface area contributed by atoms with Crippen LogP contribution in [-0.4, -0.2) is 4.98 Å². The van der Waals surface area contributed by atoms with Crippen LogP contribution >= 0.6 is 15.9 Å². The van der Waals surface area contributed by atoms with Gasteiger partial charge in [0.25, 0.3) is 6.43 Å². The highest BCUT2D eigenvalue weighted by Gasteiger charge is 2.15. The molecule has 1 aromatic heterocycles. The first kappa shape index (κ1) is 9.18. The molecule has 66 valence electrons. The summed E-state index contributed by atoms with van der Waals surface area (Å²) in [6.07, 6.45) is -1.60. The molecule has 12 heavy (non-hydrogen) atoms. The zero-order valence-electron chi connectivity index (χ0n) is 5.89. The van der Waals surface area contributed by atoms with Crippen molar-refractivity contribution < 1.29 is 8.78 Å². The van der Waals surface area contributed by atoms with E-state index in [-0.39, 0.29) is 21.5 Å². The number of rotatable bonds is 1. The Bertz CT molecular complexity index is 303. The Hall–Kier alpha value is -0.910. The first-order chi connectivity index (χ1) is 5.54. The number of alkyl halides is 2. The molecular formula is C6H6BrF2N3. The molecule has 0 aliphatic carbocycles. The van der Waals surface area contributed by atoms with Gasteiger partial charge in [-0.2, -0.15) is 0 Å². The molecule has 0 bridgehead atoms. The lowest BCUT2D eigenvalue weighted by atomic mass is 10.2. The van der Waals surface area contributed by atoms with Crippen molar-refractivity contribution in [3.63, 3.8) is 0 Å². The molecule has 1 aromatic rings. The number of hydrogen-bond acceptors (Lipinski definition) is 3. The zero-order valence-corrected chi connectivity index (χ0v) is 7.48. The lowest BCUT2D eigenvalue weighted by Crippen LogP contribution is -2.01. The van der Waals surface area contributed by atoms with Crippen molar-refractivity contribution in [2.45, 2.75) is 6.43 Å². The van der Waals surface area contributed by atoms with E-state index < -0.39 is 6.43 Å². The summed E-state index contributed by atoms with van der Waals surface area (Å²) in [5, 5.41) is 0. The van der Waals surface area contributed by atoms with E-state index in [2.05, 4.69) is 20.9 Å². The second-order valence-corrected chi connectivity index (χ2v) is 2.92. The van der Waals surface area contributed by atoms with Crippen LogP contribution in [0.2, 0.25) is 0 Å². The summed E-state index contributed by atoms with van der Waals surface area (Å²) in [6.45, 7) is 0. The minimum absolute atomic E-state index is 0.0475. The average molecular weight is 238 g/mol. The van der Waals surface area contributed by atoms with Gasteiger partial charge in [0.15, 0.2) is 0 Å². The lowest BCUT2D eigenvalue weighted by Gasteiger charge is -2.06. The Labute approximate surface area is 75.9 Å². The largest absolute Gasteiger partial charge is 0.395 e. The SMILES string of the molecule is Nc1ncc(C(F)F)c(Br)c1N. The third kappa shape index (κ3) is 1.47. The van der Waals surface area contributed by atoms with Gasteiger partial charge >= 0.3 is 0 Å². The molecular weight excluding hydrogens is 232 g/mol. The van der Waals surface area contributed by atoms with Crippen LogP contribution in [0, 0.1) is 0 Å². The second kappa shape index (κ2) is 3.22. The van der Waals surface area contributed by atoms with Crippen LogP contribution in [-0.2, 0) is 0 Å². The van der Waals surface area contributed by atoms with E-state index >= 15 is 0 Å². The number of nitrogens with two attached hydrogens (primary N) is 2. The zero-order chi connectivity index (χ0) is 9.30. The highest BCUT2D eigenvalue weighted by Crippen LogP contribution is 2.33. The van der Waals surface area contributed by atoms with Gasteiger partial charge in [0, 0.05) is 6.20 Å². The Morgan fingerprint density at radius 1 is 1.42 bits per heavy atom. The Kier molecular flexibility index (Phi) is 2.46. The summed E-state index contributed by atoms with van der Waals surface area (Å²) in [5.41, 5.74) is 10.4.